The zero-order valence-corrected chi connectivity index (χ0v) is 11.3. The minimum atomic E-state index is -1.47. The number of hydrogen-bond donors (Lipinski definition) is 2. The largest absolute Gasteiger partial charge is 0.545 e. The van der Waals surface area contributed by atoms with Crippen molar-refractivity contribution in [3.05, 3.63) is 53.6 Å². The smallest absolute Gasteiger partial charge is 0.256 e. The van der Waals surface area contributed by atoms with Crippen molar-refractivity contribution in [1.29, 1.82) is 0 Å². The molecule has 0 aliphatic heterocycles. The molecule has 0 saturated carbocycles. The fraction of sp³-hybridized carbons (Fsp3) is 0.0667. The predicted molar refractivity (Wildman–Crippen MR) is 76.1 cm³/mol. The number of carboxylic acid groups (broad SMARTS) is 1. The summed E-state index contributed by atoms with van der Waals surface area (Å²) < 4.78 is 5.12. The summed E-state index contributed by atoms with van der Waals surface area (Å²) in [5.41, 5.74) is 5.90. The van der Waals surface area contributed by atoms with Gasteiger partial charge in [0.25, 0.3) is 5.91 Å². The van der Waals surface area contributed by atoms with Gasteiger partial charge in [-0.25, -0.2) is 0 Å². The molecule has 1 amide bonds. The van der Waals surface area contributed by atoms with Crippen LogP contribution in [0.5, 0.6) is 5.75 Å². The molecule has 0 unspecified atom stereocenters. The number of aromatic carboxylic acids is 1. The number of nitrogens with two attached hydrogens (primary N) is 1. The third-order valence-corrected chi connectivity index (χ3v) is 2.86. The van der Waals surface area contributed by atoms with Crippen molar-refractivity contribution in [1.82, 2.24) is 0 Å². The molecular formula is C15H13N2O4-. The first-order valence-corrected chi connectivity index (χ1v) is 6.08. The summed E-state index contributed by atoms with van der Waals surface area (Å²) in [6, 6.07) is 10.8. The number of methoxy groups -OCH3 is 1. The van der Waals surface area contributed by atoms with E-state index in [1.165, 1.54) is 25.3 Å². The van der Waals surface area contributed by atoms with E-state index in [0.717, 1.165) is 0 Å². The van der Waals surface area contributed by atoms with Gasteiger partial charge < -0.3 is 25.7 Å². The van der Waals surface area contributed by atoms with Crippen LogP contribution in [0.3, 0.4) is 0 Å². The molecule has 0 aromatic heterocycles. The standard InChI is InChI=1S/C15H14N2O4/c1-21-13-5-3-2-4-12(13)17-14(18)10-7-6-9(16)8-11(10)15(19)20/h2-8H,16H2,1H3,(H,17,18)(H,19,20)/p-1. The predicted octanol–water partition coefficient (Wildman–Crippen LogP) is 0.893. The van der Waals surface area contributed by atoms with Crippen LogP contribution >= 0.6 is 0 Å². The van der Waals surface area contributed by atoms with Crippen LogP contribution in [0.2, 0.25) is 0 Å². The topological polar surface area (TPSA) is 104 Å². The van der Waals surface area contributed by atoms with Gasteiger partial charge in [-0.1, -0.05) is 12.1 Å². The Morgan fingerprint density at radius 2 is 1.86 bits per heavy atom. The van der Waals surface area contributed by atoms with Gasteiger partial charge >= 0.3 is 0 Å². The van der Waals surface area contributed by atoms with Crippen molar-refractivity contribution in [3.8, 4) is 5.75 Å². The van der Waals surface area contributed by atoms with E-state index >= 15 is 0 Å². The fourth-order valence-corrected chi connectivity index (χ4v) is 1.87. The highest BCUT2D eigenvalue weighted by molar-refractivity contribution is 6.11. The maximum Gasteiger partial charge on any atom is 0.256 e. The molecule has 6 heteroatoms. The number of rotatable bonds is 4. The zero-order valence-electron chi connectivity index (χ0n) is 11.3. The van der Waals surface area contributed by atoms with Crippen molar-refractivity contribution in [2.75, 3.05) is 18.2 Å². The molecule has 2 aromatic carbocycles. The highest BCUT2D eigenvalue weighted by Crippen LogP contribution is 2.24. The highest BCUT2D eigenvalue weighted by atomic mass is 16.5. The molecule has 0 heterocycles. The van der Waals surface area contributed by atoms with Crippen LogP contribution in [-0.2, 0) is 0 Å². The number of nitrogen functional groups attached to an aromatic ring is 1. The quantitative estimate of drug-likeness (QED) is 0.812. The summed E-state index contributed by atoms with van der Waals surface area (Å²) in [5, 5.41) is 13.7. The molecule has 3 N–H and O–H groups in total. The molecule has 21 heavy (non-hydrogen) atoms. The van der Waals surface area contributed by atoms with E-state index in [9.17, 15) is 14.7 Å². The van der Waals surface area contributed by atoms with Crippen LogP contribution in [0, 0.1) is 0 Å². The first-order chi connectivity index (χ1) is 10.0. The number of amides is 1. The molecule has 0 aliphatic carbocycles. The monoisotopic (exact) mass is 285 g/mol. The first kappa shape index (κ1) is 14.4. The summed E-state index contributed by atoms with van der Waals surface area (Å²) in [7, 11) is 1.47. The molecule has 0 bridgehead atoms. The number of ether oxygens (including phenoxy) is 1. The lowest BCUT2D eigenvalue weighted by molar-refractivity contribution is -0.255. The lowest BCUT2D eigenvalue weighted by Gasteiger charge is -2.13. The third kappa shape index (κ3) is 3.11. The van der Waals surface area contributed by atoms with Crippen molar-refractivity contribution in [2.24, 2.45) is 0 Å². The second-order valence-corrected chi connectivity index (χ2v) is 4.25. The number of anilines is 2. The van der Waals surface area contributed by atoms with Crippen LogP contribution < -0.4 is 20.9 Å². The van der Waals surface area contributed by atoms with Crippen LogP contribution in [-0.4, -0.2) is 19.0 Å². The Hall–Kier alpha value is -3.02. The van der Waals surface area contributed by atoms with E-state index in [-0.39, 0.29) is 16.8 Å². The molecule has 0 atom stereocenters. The first-order valence-electron chi connectivity index (χ1n) is 6.08. The van der Waals surface area contributed by atoms with E-state index < -0.39 is 11.9 Å². The number of carbonyl (C=O) groups is 2. The van der Waals surface area contributed by atoms with Gasteiger partial charge in [-0.3, -0.25) is 4.79 Å². The summed E-state index contributed by atoms with van der Waals surface area (Å²) >= 11 is 0. The molecule has 0 radical (unpaired) electrons. The number of para-hydroxylation sites is 2. The molecule has 0 spiro atoms. The normalized spacial score (nSPS) is 9.95. The van der Waals surface area contributed by atoms with Gasteiger partial charge in [0.1, 0.15) is 5.75 Å². The second-order valence-electron chi connectivity index (χ2n) is 4.25. The van der Waals surface area contributed by atoms with Crippen LogP contribution in [0.15, 0.2) is 42.5 Å². The van der Waals surface area contributed by atoms with Gasteiger partial charge in [-0.05, 0) is 30.3 Å². The average molecular weight is 285 g/mol. The van der Waals surface area contributed by atoms with Gasteiger partial charge in [0.05, 0.1) is 18.8 Å². The Balaban J connectivity index is 2.35. The molecule has 108 valence electrons. The van der Waals surface area contributed by atoms with E-state index in [1.54, 1.807) is 24.3 Å². The maximum atomic E-state index is 12.2. The van der Waals surface area contributed by atoms with Gasteiger partial charge in [0, 0.05) is 16.8 Å². The lowest BCUT2D eigenvalue weighted by Crippen LogP contribution is -2.26. The van der Waals surface area contributed by atoms with Gasteiger partial charge in [0.2, 0.25) is 0 Å². The zero-order chi connectivity index (χ0) is 15.4. The molecule has 2 aromatic rings. The summed E-state index contributed by atoms with van der Waals surface area (Å²) in [4.78, 5) is 23.3. The number of nitrogens with one attached hydrogen (secondary N) is 1. The molecule has 0 saturated heterocycles. The SMILES string of the molecule is COc1ccccc1NC(=O)c1ccc(N)cc1C(=O)[O-]. The van der Waals surface area contributed by atoms with Gasteiger partial charge in [0.15, 0.2) is 0 Å². The van der Waals surface area contributed by atoms with Crippen LogP contribution in [0.25, 0.3) is 0 Å². The van der Waals surface area contributed by atoms with Gasteiger partial charge in [-0.15, -0.1) is 0 Å². The van der Waals surface area contributed by atoms with E-state index in [0.29, 0.717) is 11.4 Å². The number of hydrogen-bond acceptors (Lipinski definition) is 5. The molecule has 0 fully saturated rings. The van der Waals surface area contributed by atoms with E-state index in [1.807, 2.05) is 0 Å². The Morgan fingerprint density at radius 3 is 2.52 bits per heavy atom. The van der Waals surface area contributed by atoms with E-state index in [2.05, 4.69) is 5.32 Å². The molecule has 0 aliphatic rings. The van der Waals surface area contributed by atoms with Crippen molar-refractivity contribution in [3.63, 3.8) is 0 Å². The van der Waals surface area contributed by atoms with Crippen LogP contribution in [0.1, 0.15) is 20.7 Å². The summed E-state index contributed by atoms with van der Waals surface area (Å²) in [5.74, 6) is -1.58. The van der Waals surface area contributed by atoms with E-state index in [4.69, 9.17) is 10.5 Å². The number of carbonyl (C=O) groups excluding carboxylic acids is 2. The molecule has 2 rings (SSSR count). The average Bonchev–Trinajstić information content (AvgIpc) is 2.47. The molecule has 6 nitrogen and oxygen atoms in total. The second kappa shape index (κ2) is 5.96. The van der Waals surface area contributed by atoms with Crippen molar-refractivity contribution in [2.45, 2.75) is 0 Å². The van der Waals surface area contributed by atoms with Crippen LogP contribution in [0.4, 0.5) is 11.4 Å². The Morgan fingerprint density at radius 1 is 1.14 bits per heavy atom. The minimum absolute atomic E-state index is 0.0323. The summed E-state index contributed by atoms with van der Waals surface area (Å²) in [6.45, 7) is 0. The Labute approximate surface area is 121 Å². The Kier molecular flexibility index (Phi) is 4.08. The minimum Gasteiger partial charge on any atom is -0.545 e. The fourth-order valence-electron chi connectivity index (χ4n) is 1.87. The van der Waals surface area contributed by atoms with Gasteiger partial charge in [-0.2, -0.15) is 0 Å². The highest BCUT2D eigenvalue weighted by Gasteiger charge is 2.14. The Bertz CT molecular complexity index is 698. The summed E-state index contributed by atoms with van der Waals surface area (Å²) in [6.07, 6.45) is 0. The maximum absolute atomic E-state index is 12.2. The third-order valence-electron chi connectivity index (χ3n) is 2.86. The number of carboxylic acids is 1. The van der Waals surface area contributed by atoms with Crippen molar-refractivity contribution < 1.29 is 19.4 Å². The molecular weight excluding hydrogens is 272 g/mol. The lowest BCUT2D eigenvalue weighted by atomic mass is 10.1. The number of benzene rings is 2. The van der Waals surface area contributed by atoms with Crippen molar-refractivity contribution >= 4 is 23.3 Å².